The van der Waals surface area contributed by atoms with Crippen LogP contribution in [0.2, 0.25) is 0 Å². The Balaban J connectivity index is 2.29. The van der Waals surface area contributed by atoms with E-state index in [1.165, 1.54) is 34.9 Å². The number of hydrogen-bond acceptors (Lipinski definition) is 1. The molecular formula is C14H15N. The molecule has 1 aliphatic rings. The molecule has 1 aromatic carbocycles. The van der Waals surface area contributed by atoms with Gasteiger partial charge in [0.1, 0.15) is 0 Å². The summed E-state index contributed by atoms with van der Waals surface area (Å²) in [5, 5.41) is 2.77. The third-order valence-electron chi connectivity index (χ3n) is 3.27. The average Bonchev–Trinajstić information content (AvgIpc) is 3.11. The van der Waals surface area contributed by atoms with E-state index in [1.54, 1.807) is 0 Å². The highest BCUT2D eigenvalue weighted by Gasteiger charge is 2.26. The molecule has 2 aromatic rings. The van der Waals surface area contributed by atoms with Gasteiger partial charge in [0, 0.05) is 17.5 Å². The van der Waals surface area contributed by atoms with Crippen LogP contribution < -0.4 is 0 Å². The smallest absolute Gasteiger partial charge is 0.0512 e. The van der Waals surface area contributed by atoms with E-state index in [-0.39, 0.29) is 0 Å². The Labute approximate surface area is 90.2 Å². The average molecular weight is 197 g/mol. The summed E-state index contributed by atoms with van der Waals surface area (Å²) in [4.78, 5) is 4.54. The molecule has 0 saturated heterocycles. The monoisotopic (exact) mass is 197 g/mol. The fourth-order valence-corrected chi connectivity index (χ4v) is 2.29. The number of benzene rings is 1. The quantitative estimate of drug-likeness (QED) is 0.715. The van der Waals surface area contributed by atoms with Gasteiger partial charge in [-0.05, 0) is 36.3 Å². The van der Waals surface area contributed by atoms with Crippen LogP contribution in [0.4, 0.5) is 0 Å². The van der Waals surface area contributed by atoms with Crippen LogP contribution in [0, 0.1) is 0 Å². The van der Waals surface area contributed by atoms with Gasteiger partial charge < -0.3 is 0 Å². The minimum absolute atomic E-state index is 0.737. The van der Waals surface area contributed by atoms with Gasteiger partial charge in [-0.1, -0.05) is 25.1 Å². The highest BCUT2D eigenvalue weighted by atomic mass is 14.7. The van der Waals surface area contributed by atoms with Gasteiger partial charge in [0.05, 0.1) is 5.69 Å². The van der Waals surface area contributed by atoms with Gasteiger partial charge in [-0.3, -0.25) is 4.98 Å². The van der Waals surface area contributed by atoms with Crippen molar-refractivity contribution in [2.24, 2.45) is 0 Å². The van der Waals surface area contributed by atoms with Crippen molar-refractivity contribution >= 4 is 10.8 Å². The van der Waals surface area contributed by atoms with Crippen LogP contribution in [0.1, 0.15) is 36.9 Å². The Bertz CT molecular complexity index is 498. The van der Waals surface area contributed by atoms with Gasteiger partial charge in [-0.2, -0.15) is 0 Å². The summed E-state index contributed by atoms with van der Waals surface area (Å²) < 4.78 is 0. The predicted molar refractivity (Wildman–Crippen MR) is 63.1 cm³/mol. The largest absolute Gasteiger partial charge is 0.260 e. The van der Waals surface area contributed by atoms with Crippen LogP contribution in [-0.4, -0.2) is 4.98 Å². The number of hydrogen-bond donors (Lipinski definition) is 0. The lowest BCUT2D eigenvalue weighted by Gasteiger charge is -2.07. The van der Waals surface area contributed by atoms with Crippen molar-refractivity contribution in [1.29, 1.82) is 0 Å². The van der Waals surface area contributed by atoms with Crippen molar-refractivity contribution < 1.29 is 0 Å². The summed E-state index contributed by atoms with van der Waals surface area (Å²) >= 11 is 0. The molecule has 0 bridgehead atoms. The van der Waals surface area contributed by atoms with Crippen molar-refractivity contribution in [3.8, 4) is 0 Å². The third-order valence-corrected chi connectivity index (χ3v) is 3.27. The number of pyridine rings is 1. The van der Waals surface area contributed by atoms with E-state index in [9.17, 15) is 0 Å². The second kappa shape index (κ2) is 3.34. The summed E-state index contributed by atoms with van der Waals surface area (Å²) in [5.74, 6) is 0.737. The number of aromatic nitrogens is 1. The fourth-order valence-electron chi connectivity index (χ4n) is 2.29. The molecule has 0 unspecified atom stereocenters. The first-order valence-electron chi connectivity index (χ1n) is 5.76. The molecular weight excluding hydrogens is 182 g/mol. The molecule has 1 fully saturated rings. The van der Waals surface area contributed by atoms with Gasteiger partial charge in [0.25, 0.3) is 0 Å². The predicted octanol–water partition coefficient (Wildman–Crippen LogP) is 3.67. The summed E-state index contributed by atoms with van der Waals surface area (Å²) in [6.45, 7) is 2.21. The SMILES string of the molecule is CCc1cccc2c(C3CC3)nccc12. The first-order valence-corrected chi connectivity index (χ1v) is 5.76. The van der Waals surface area contributed by atoms with Crippen LogP contribution in [-0.2, 0) is 6.42 Å². The van der Waals surface area contributed by atoms with Gasteiger partial charge in [-0.25, -0.2) is 0 Å². The van der Waals surface area contributed by atoms with E-state index in [4.69, 9.17) is 0 Å². The standard InChI is InChI=1S/C14H15N/c1-2-10-4-3-5-13-12(10)8-9-15-14(13)11-6-7-11/h3-5,8-9,11H,2,6-7H2,1H3. The summed E-state index contributed by atoms with van der Waals surface area (Å²) in [7, 11) is 0. The molecule has 0 spiro atoms. The van der Waals surface area contributed by atoms with Crippen LogP contribution in [0.15, 0.2) is 30.5 Å². The fraction of sp³-hybridized carbons (Fsp3) is 0.357. The van der Waals surface area contributed by atoms with E-state index in [0.717, 1.165) is 12.3 Å². The molecule has 1 aliphatic carbocycles. The van der Waals surface area contributed by atoms with Crippen LogP contribution in [0.3, 0.4) is 0 Å². The molecule has 1 heteroatoms. The van der Waals surface area contributed by atoms with Crippen LogP contribution >= 0.6 is 0 Å². The maximum atomic E-state index is 4.54. The van der Waals surface area contributed by atoms with E-state index in [1.807, 2.05) is 6.20 Å². The van der Waals surface area contributed by atoms with E-state index < -0.39 is 0 Å². The number of fused-ring (bicyclic) bond motifs is 1. The van der Waals surface area contributed by atoms with Crippen LogP contribution in [0.5, 0.6) is 0 Å². The van der Waals surface area contributed by atoms with Gasteiger partial charge in [0.15, 0.2) is 0 Å². The molecule has 1 aromatic heterocycles. The molecule has 0 aliphatic heterocycles. The summed E-state index contributed by atoms with van der Waals surface area (Å²) in [6, 6.07) is 8.75. The molecule has 1 nitrogen and oxygen atoms in total. The molecule has 1 heterocycles. The van der Waals surface area contributed by atoms with E-state index >= 15 is 0 Å². The molecule has 0 amide bonds. The number of rotatable bonds is 2. The second-order valence-electron chi connectivity index (χ2n) is 4.34. The summed E-state index contributed by atoms with van der Waals surface area (Å²) in [5.41, 5.74) is 2.76. The van der Waals surface area contributed by atoms with Gasteiger partial charge >= 0.3 is 0 Å². The Morgan fingerprint density at radius 2 is 2.07 bits per heavy atom. The lowest BCUT2D eigenvalue weighted by Crippen LogP contribution is -1.91. The minimum Gasteiger partial charge on any atom is -0.260 e. The second-order valence-corrected chi connectivity index (χ2v) is 4.34. The first kappa shape index (κ1) is 8.90. The zero-order valence-corrected chi connectivity index (χ0v) is 9.03. The first-order chi connectivity index (χ1) is 7.40. The Morgan fingerprint density at radius 1 is 1.20 bits per heavy atom. The molecule has 1 saturated carbocycles. The lowest BCUT2D eigenvalue weighted by molar-refractivity contribution is 1.04. The van der Waals surface area contributed by atoms with Crippen molar-refractivity contribution in [3.63, 3.8) is 0 Å². The normalized spacial score (nSPS) is 15.8. The minimum atomic E-state index is 0.737. The highest BCUT2D eigenvalue weighted by molar-refractivity contribution is 5.88. The van der Waals surface area contributed by atoms with E-state index in [0.29, 0.717) is 0 Å². The highest BCUT2D eigenvalue weighted by Crippen LogP contribution is 2.42. The molecule has 0 atom stereocenters. The van der Waals surface area contributed by atoms with Crippen molar-refractivity contribution in [2.75, 3.05) is 0 Å². The lowest BCUT2D eigenvalue weighted by atomic mass is 10.0. The zero-order chi connectivity index (χ0) is 10.3. The number of aryl methyl sites for hydroxylation is 1. The van der Waals surface area contributed by atoms with Gasteiger partial charge in [0.2, 0.25) is 0 Å². The third kappa shape index (κ3) is 1.43. The van der Waals surface area contributed by atoms with E-state index in [2.05, 4.69) is 36.2 Å². The maximum absolute atomic E-state index is 4.54. The van der Waals surface area contributed by atoms with Crippen molar-refractivity contribution in [1.82, 2.24) is 4.98 Å². The van der Waals surface area contributed by atoms with Gasteiger partial charge in [-0.15, -0.1) is 0 Å². The molecule has 0 N–H and O–H groups in total. The molecule has 76 valence electrons. The molecule has 3 rings (SSSR count). The van der Waals surface area contributed by atoms with Crippen LogP contribution in [0.25, 0.3) is 10.8 Å². The number of nitrogens with zero attached hydrogens (tertiary/aromatic N) is 1. The topological polar surface area (TPSA) is 12.9 Å². The summed E-state index contributed by atoms with van der Waals surface area (Å²) in [6.07, 6.45) is 5.71. The maximum Gasteiger partial charge on any atom is 0.0512 e. The Kier molecular flexibility index (Phi) is 1.98. The van der Waals surface area contributed by atoms with Crippen molar-refractivity contribution in [2.45, 2.75) is 32.1 Å². The van der Waals surface area contributed by atoms with Crippen molar-refractivity contribution in [3.05, 3.63) is 41.7 Å². The molecule has 15 heavy (non-hydrogen) atoms. The molecule has 0 radical (unpaired) electrons. The Morgan fingerprint density at radius 3 is 2.80 bits per heavy atom. The Hall–Kier alpha value is -1.37. The zero-order valence-electron chi connectivity index (χ0n) is 9.03.